The lowest BCUT2D eigenvalue weighted by Crippen LogP contribution is -1.91. The van der Waals surface area contributed by atoms with E-state index >= 15 is 0 Å². The third-order valence-corrected chi connectivity index (χ3v) is 3.29. The standard InChI is InChI=1S/C16H11N3O.2ClH/c1-3-16(13-5-8-20-10-13)18-15-4-2-14(9-12(1)15)19-7-6-17-11-19;;/h1-11H;2*1H. The summed E-state index contributed by atoms with van der Waals surface area (Å²) < 4.78 is 7.07. The van der Waals surface area contributed by atoms with E-state index in [2.05, 4.69) is 22.1 Å². The molecule has 0 aliphatic heterocycles. The SMILES string of the molecule is Cl.Cl.c1cn(-c2ccc3nc(-c4ccoc4)ccc3c2)cn1. The molecule has 0 atom stereocenters. The molecule has 0 bridgehead atoms. The summed E-state index contributed by atoms with van der Waals surface area (Å²) in [5.41, 5.74) is 3.95. The van der Waals surface area contributed by atoms with Gasteiger partial charge in [0, 0.05) is 29.0 Å². The minimum atomic E-state index is 0. The minimum Gasteiger partial charge on any atom is -0.472 e. The first kappa shape index (κ1) is 16.1. The molecule has 0 unspecified atom stereocenters. The van der Waals surface area contributed by atoms with Crippen LogP contribution in [0.2, 0.25) is 0 Å². The largest absolute Gasteiger partial charge is 0.472 e. The van der Waals surface area contributed by atoms with Crippen molar-refractivity contribution in [3.63, 3.8) is 0 Å². The van der Waals surface area contributed by atoms with Crippen molar-refractivity contribution in [1.82, 2.24) is 14.5 Å². The van der Waals surface area contributed by atoms with E-state index in [-0.39, 0.29) is 24.8 Å². The van der Waals surface area contributed by atoms with E-state index in [1.54, 1.807) is 25.1 Å². The van der Waals surface area contributed by atoms with Gasteiger partial charge in [0.1, 0.15) is 0 Å². The summed E-state index contributed by atoms with van der Waals surface area (Å²) in [6, 6.07) is 12.2. The van der Waals surface area contributed by atoms with Crippen LogP contribution in [0.1, 0.15) is 0 Å². The second kappa shape index (κ2) is 6.64. The Balaban J connectivity index is 0.000000882. The topological polar surface area (TPSA) is 43.9 Å². The van der Waals surface area contributed by atoms with Gasteiger partial charge >= 0.3 is 0 Å². The van der Waals surface area contributed by atoms with Gasteiger partial charge in [0.25, 0.3) is 0 Å². The van der Waals surface area contributed by atoms with Crippen molar-refractivity contribution >= 4 is 35.7 Å². The monoisotopic (exact) mass is 333 g/mol. The van der Waals surface area contributed by atoms with Crippen LogP contribution in [0.5, 0.6) is 0 Å². The zero-order valence-electron chi connectivity index (χ0n) is 11.4. The number of rotatable bonds is 2. The summed E-state index contributed by atoms with van der Waals surface area (Å²) in [6.45, 7) is 0. The smallest absolute Gasteiger partial charge is 0.0996 e. The van der Waals surface area contributed by atoms with E-state index in [9.17, 15) is 0 Å². The number of pyridine rings is 1. The van der Waals surface area contributed by atoms with Crippen molar-refractivity contribution in [2.24, 2.45) is 0 Å². The van der Waals surface area contributed by atoms with Crippen molar-refractivity contribution in [2.45, 2.75) is 0 Å². The first-order valence-electron chi connectivity index (χ1n) is 6.32. The molecule has 4 nitrogen and oxygen atoms in total. The van der Waals surface area contributed by atoms with Gasteiger partial charge in [-0.2, -0.15) is 0 Å². The molecule has 3 aromatic heterocycles. The first-order chi connectivity index (χ1) is 9.90. The number of hydrogen-bond donors (Lipinski definition) is 0. The Labute approximate surface area is 139 Å². The average molecular weight is 334 g/mol. The molecule has 0 saturated carbocycles. The van der Waals surface area contributed by atoms with Crippen LogP contribution in [-0.2, 0) is 0 Å². The minimum absolute atomic E-state index is 0. The zero-order valence-corrected chi connectivity index (χ0v) is 13.1. The maximum absolute atomic E-state index is 5.10. The molecule has 0 saturated heterocycles. The highest BCUT2D eigenvalue weighted by Crippen LogP contribution is 2.23. The van der Waals surface area contributed by atoms with E-state index in [0.717, 1.165) is 27.8 Å². The van der Waals surface area contributed by atoms with E-state index < -0.39 is 0 Å². The Bertz CT molecular complexity index is 785. The van der Waals surface area contributed by atoms with Gasteiger partial charge in [0.15, 0.2) is 0 Å². The fourth-order valence-electron chi connectivity index (χ4n) is 2.26. The number of nitrogens with zero attached hydrogens (tertiary/aromatic N) is 3. The number of hydrogen-bond acceptors (Lipinski definition) is 3. The molecule has 1 aromatic carbocycles. The van der Waals surface area contributed by atoms with E-state index in [1.807, 2.05) is 35.0 Å². The van der Waals surface area contributed by atoms with Gasteiger partial charge in [-0.05, 0) is 30.3 Å². The highest BCUT2D eigenvalue weighted by Gasteiger charge is 2.04. The predicted molar refractivity (Wildman–Crippen MR) is 91.1 cm³/mol. The highest BCUT2D eigenvalue weighted by atomic mass is 35.5. The summed E-state index contributed by atoms with van der Waals surface area (Å²) in [6.07, 6.45) is 8.84. The van der Waals surface area contributed by atoms with Crippen LogP contribution in [0, 0.1) is 0 Å². The van der Waals surface area contributed by atoms with Crippen molar-refractivity contribution in [3.05, 3.63) is 67.6 Å². The van der Waals surface area contributed by atoms with Gasteiger partial charge in [-0.3, -0.25) is 0 Å². The van der Waals surface area contributed by atoms with Crippen molar-refractivity contribution < 1.29 is 4.42 Å². The maximum atomic E-state index is 5.10. The molecule has 22 heavy (non-hydrogen) atoms. The van der Waals surface area contributed by atoms with Gasteiger partial charge in [-0.15, -0.1) is 24.8 Å². The number of halogens is 2. The molecular formula is C16H13Cl2N3O. The van der Waals surface area contributed by atoms with Crippen LogP contribution < -0.4 is 0 Å². The number of benzene rings is 1. The summed E-state index contributed by atoms with van der Waals surface area (Å²) in [5, 5.41) is 1.10. The van der Waals surface area contributed by atoms with Crippen molar-refractivity contribution in [1.29, 1.82) is 0 Å². The normalized spacial score (nSPS) is 10.0. The second-order valence-corrected chi connectivity index (χ2v) is 4.56. The molecule has 3 heterocycles. The van der Waals surface area contributed by atoms with Gasteiger partial charge in [0.2, 0.25) is 0 Å². The fraction of sp³-hybridized carbons (Fsp3) is 0. The lowest BCUT2D eigenvalue weighted by Gasteiger charge is -2.05. The lowest BCUT2D eigenvalue weighted by molar-refractivity contribution is 0.568. The second-order valence-electron chi connectivity index (χ2n) is 4.56. The molecule has 0 aliphatic carbocycles. The molecule has 0 radical (unpaired) electrons. The quantitative estimate of drug-likeness (QED) is 0.541. The Morgan fingerprint density at radius 3 is 2.64 bits per heavy atom. The van der Waals surface area contributed by atoms with Crippen LogP contribution in [0.15, 0.2) is 72.1 Å². The lowest BCUT2D eigenvalue weighted by atomic mass is 10.1. The third-order valence-electron chi connectivity index (χ3n) is 3.29. The fourth-order valence-corrected chi connectivity index (χ4v) is 2.26. The van der Waals surface area contributed by atoms with Gasteiger partial charge in [0.05, 0.1) is 30.1 Å². The van der Waals surface area contributed by atoms with Crippen molar-refractivity contribution in [2.75, 3.05) is 0 Å². The maximum Gasteiger partial charge on any atom is 0.0996 e. The first-order valence-corrected chi connectivity index (χ1v) is 6.32. The summed E-state index contributed by atoms with van der Waals surface area (Å²) in [7, 11) is 0. The van der Waals surface area contributed by atoms with Crippen LogP contribution in [0.4, 0.5) is 0 Å². The molecule has 4 aromatic rings. The Morgan fingerprint density at radius 1 is 1.00 bits per heavy atom. The zero-order chi connectivity index (χ0) is 13.4. The van der Waals surface area contributed by atoms with Crippen molar-refractivity contribution in [3.8, 4) is 16.9 Å². The molecule has 0 aliphatic rings. The molecule has 112 valence electrons. The third kappa shape index (κ3) is 2.84. The number of fused-ring (bicyclic) bond motifs is 1. The van der Waals surface area contributed by atoms with Gasteiger partial charge in [-0.1, -0.05) is 6.07 Å². The van der Waals surface area contributed by atoms with Gasteiger partial charge < -0.3 is 8.98 Å². The Kier molecular flexibility index (Phi) is 4.85. The van der Waals surface area contributed by atoms with E-state index in [1.165, 1.54) is 0 Å². The number of furan rings is 1. The van der Waals surface area contributed by atoms with Gasteiger partial charge in [-0.25, -0.2) is 9.97 Å². The van der Waals surface area contributed by atoms with Crippen LogP contribution in [0.3, 0.4) is 0 Å². The molecular weight excluding hydrogens is 321 g/mol. The Hall–Kier alpha value is -2.30. The number of imidazole rings is 1. The molecule has 0 N–H and O–H groups in total. The molecule has 4 rings (SSSR count). The predicted octanol–water partition coefficient (Wildman–Crippen LogP) is 4.52. The van der Waals surface area contributed by atoms with E-state index in [4.69, 9.17) is 4.42 Å². The molecule has 6 heteroatoms. The summed E-state index contributed by atoms with van der Waals surface area (Å²) >= 11 is 0. The molecule has 0 fully saturated rings. The van der Waals surface area contributed by atoms with Crippen LogP contribution in [0.25, 0.3) is 27.8 Å². The number of aromatic nitrogens is 3. The average Bonchev–Trinajstić information content (AvgIpc) is 3.19. The highest BCUT2D eigenvalue weighted by molar-refractivity contribution is 5.85. The van der Waals surface area contributed by atoms with E-state index in [0.29, 0.717) is 0 Å². The molecule has 0 spiro atoms. The van der Waals surface area contributed by atoms with Crippen LogP contribution in [-0.4, -0.2) is 14.5 Å². The van der Waals surface area contributed by atoms with Crippen LogP contribution >= 0.6 is 24.8 Å². The molecule has 0 amide bonds. The summed E-state index contributed by atoms with van der Waals surface area (Å²) in [5.74, 6) is 0. The summed E-state index contributed by atoms with van der Waals surface area (Å²) in [4.78, 5) is 8.72. The Morgan fingerprint density at radius 2 is 1.91 bits per heavy atom.